The van der Waals surface area contributed by atoms with Crippen LogP contribution >= 0.6 is 0 Å². The van der Waals surface area contributed by atoms with Gasteiger partial charge in [-0.2, -0.15) is 0 Å². The van der Waals surface area contributed by atoms with Crippen molar-refractivity contribution in [2.75, 3.05) is 0 Å². The van der Waals surface area contributed by atoms with E-state index < -0.39 is 0 Å². The zero-order chi connectivity index (χ0) is 13.1. The van der Waals surface area contributed by atoms with Crippen LogP contribution in [0.4, 0.5) is 0 Å². The first-order chi connectivity index (χ1) is 8.56. The molecule has 1 aromatic rings. The second-order valence-electron chi connectivity index (χ2n) is 5.09. The molecule has 1 amide bonds. The predicted molar refractivity (Wildman–Crippen MR) is 70.5 cm³/mol. The van der Waals surface area contributed by atoms with E-state index in [0.717, 1.165) is 31.2 Å². The van der Waals surface area contributed by atoms with Gasteiger partial charge in [-0.1, -0.05) is 6.07 Å². The minimum atomic E-state index is -0.120. The fraction of sp³-hybridized carbons (Fsp3) is 0.500. The number of aryl methyl sites for hydroxylation is 1. The summed E-state index contributed by atoms with van der Waals surface area (Å²) in [6.45, 7) is 1.81. The number of phenolic OH excluding ortho intramolecular Hbond substituents is 1. The molecule has 0 aliphatic heterocycles. The average Bonchev–Trinajstić information content (AvgIpc) is 2.35. The van der Waals surface area contributed by atoms with Crippen LogP contribution in [-0.4, -0.2) is 23.1 Å². The maximum Gasteiger partial charge on any atom is 0.251 e. The highest BCUT2D eigenvalue weighted by atomic mass is 16.3. The first-order valence-corrected chi connectivity index (χ1v) is 6.42. The molecule has 0 heterocycles. The molecule has 4 nitrogen and oxygen atoms in total. The van der Waals surface area contributed by atoms with E-state index in [0.29, 0.717) is 5.56 Å². The van der Waals surface area contributed by atoms with Crippen LogP contribution in [0.1, 0.15) is 41.6 Å². The number of hydrogen-bond acceptors (Lipinski definition) is 3. The van der Waals surface area contributed by atoms with Crippen LogP contribution in [0, 0.1) is 6.92 Å². The Bertz CT molecular complexity index is 437. The lowest BCUT2D eigenvalue weighted by molar-refractivity contribution is 0.0925. The van der Waals surface area contributed by atoms with Gasteiger partial charge < -0.3 is 16.2 Å². The van der Waals surface area contributed by atoms with Gasteiger partial charge in [0.15, 0.2) is 0 Å². The van der Waals surface area contributed by atoms with Crippen molar-refractivity contribution in [3.05, 3.63) is 29.3 Å². The lowest BCUT2D eigenvalue weighted by Gasteiger charge is -2.26. The van der Waals surface area contributed by atoms with Gasteiger partial charge in [0, 0.05) is 17.6 Å². The molecule has 98 valence electrons. The molecule has 18 heavy (non-hydrogen) atoms. The summed E-state index contributed by atoms with van der Waals surface area (Å²) in [5.41, 5.74) is 7.11. The quantitative estimate of drug-likeness (QED) is 0.745. The second-order valence-corrected chi connectivity index (χ2v) is 5.09. The Labute approximate surface area is 107 Å². The molecule has 0 spiro atoms. The van der Waals surface area contributed by atoms with Gasteiger partial charge in [0.25, 0.3) is 5.91 Å². The zero-order valence-corrected chi connectivity index (χ0v) is 10.6. The number of carbonyl (C=O) groups is 1. The monoisotopic (exact) mass is 248 g/mol. The Morgan fingerprint density at radius 3 is 2.61 bits per heavy atom. The highest BCUT2D eigenvalue weighted by molar-refractivity contribution is 5.94. The van der Waals surface area contributed by atoms with Crippen LogP contribution in [0.25, 0.3) is 0 Å². The summed E-state index contributed by atoms with van der Waals surface area (Å²) >= 11 is 0. The molecule has 4 heteroatoms. The van der Waals surface area contributed by atoms with Crippen LogP contribution in [-0.2, 0) is 0 Å². The summed E-state index contributed by atoms with van der Waals surface area (Å²) in [7, 11) is 0. The average molecular weight is 248 g/mol. The summed E-state index contributed by atoms with van der Waals surface area (Å²) in [6, 6.07) is 5.49. The van der Waals surface area contributed by atoms with Gasteiger partial charge in [0.05, 0.1) is 0 Å². The highest BCUT2D eigenvalue weighted by Crippen LogP contribution is 2.20. The molecule has 1 fully saturated rings. The molecule has 4 N–H and O–H groups in total. The molecule has 1 saturated carbocycles. The third kappa shape index (κ3) is 3.01. The number of amides is 1. The van der Waals surface area contributed by atoms with Crippen LogP contribution < -0.4 is 11.1 Å². The zero-order valence-electron chi connectivity index (χ0n) is 10.6. The van der Waals surface area contributed by atoms with Gasteiger partial charge in [-0.3, -0.25) is 4.79 Å². The maximum absolute atomic E-state index is 12.0. The van der Waals surface area contributed by atoms with Crippen LogP contribution in [0.3, 0.4) is 0 Å². The van der Waals surface area contributed by atoms with E-state index in [1.54, 1.807) is 19.1 Å². The highest BCUT2D eigenvalue weighted by Gasteiger charge is 2.20. The topological polar surface area (TPSA) is 75.4 Å². The molecule has 0 bridgehead atoms. The molecule has 0 radical (unpaired) electrons. The number of nitrogens with two attached hydrogens (primary N) is 1. The van der Waals surface area contributed by atoms with Crippen molar-refractivity contribution in [1.82, 2.24) is 5.32 Å². The summed E-state index contributed by atoms with van der Waals surface area (Å²) in [5, 5.41) is 12.6. The van der Waals surface area contributed by atoms with E-state index in [1.807, 2.05) is 0 Å². The number of hydrogen-bond donors (Lipinski definition) is 3. The van der Waals surface area contributed by atoms with E-state index in [9.17, 15) is 9.90 Å². The fourth-order valence-electron chi connectivity index (χ4n) is 2.28. The molecule has 0 unspecified atom stereocenters. The van der Waals surface area contributed by atoms with Gasteiger partial charge in [0.2, 0.25) is 0 Å². The predicted octanol–water partition coefficient (Wildman–Crippen LogP) is 1.70. The lowest BCUT2D eigenvalue weighted by atomic mass is 9.91. The van der Waals surface area contributed by atoms with Crippen LogP contribution in [0.5, 0.6) is 5.75 Å². The number of aromatic hydroxyl groups is 1. The van der Waals surface area contributed by atoms with Crippen LogP contribution in [0.2, 0.25) is 0 Å². The molecule has 1 aliphatic carbocycles. The van der Waals surface area contributed by atoms with Gasteiger partial charge in [-0.05, 0) is 50.3 Å². The Kier molecular flexibility index (Phi) is 3.87. The smallest absolute Gasteiger partial charge is 0.251 e. The van der Waals surface area contributed by atoms with Gasteiger partial charge >= 0.3 is 0 Å². The largest absolute Gasteiger partial charge is 0.508 e. The molecule has 0 atom stereocenters. The molecular formula is C14H20N2O2. The second kappa shape index (κ2) is 5.40. The van der Waals surface area contributed by atoms with E-state index in [1.165, 1.54) is 6.07 Å². The summed E-state index contributed by atoms with van der Waals surface area (Å²) < 4.78 is 0. The van der Waals surface area contributed by atoms with Crippen molar-refractivity contribution in [2.45, 2.75) is 44.7 Å². The normalized spacial score (nSPS) is 23.7. The van der Waals surface area contributed by atoms with Crippen LogP contribution in [0.15, 0.2) is 18.2 Å². The van der Waals surface area contributed by atoms with Crippen molar-refractivity contribution < 1.29 is 9.90 Å². The van der Waals surface area contributed by atoms with Gasteiger partial charge in [0.1, 0.15) is 5.75 Å². The number of carbonyl (C=O) groups excluding carboxylic acids is 1. The molecule has 2 rings (SSSR count). The third-order valence-electron chi connectivity index (χ3n) is 3.58. The minimum Gasteiger partial charge on any atom is -0.508 e. The fourth-order valence-corrected chi connectivity index (χ4v) is 2.28. The molecular weight excluding hydrogens is 228 g/mol. The number of benzene rings is 1. The molecule has 1 aromatic carbocycles. The Balaban J connectivity index is 1.97. The standard InChI is InChI=1S/C14H20N2O2/c1-9-2-3-10(8-13(9)17)14(18)16-12-6-4-11(15)5-7-12/h2-3,8,11-12,17H,4-7,15H2,1H3,(H,16,18). The Morgan fingerprint density at radius 2 is 2.00 bits per heavy atom. The van der Waals surface area contributed by atoms with E-state index >= 15 is 0 Å². The number of nitrogens with one attached hydrogen (secondary N) is 1. The number of rotatable bonds is 2. The summed E-state index contributed by atoms with van der Waals surface area (Å²) in [5.74, 6) is 0.0408. The first kappa shape index (κ1) is 12.9. The van der Waals surface area contributed by atoms with Gasteiger partial charge in [-0.25, -0.2) is 0 Å². The number of phenols is 1. The van der Waals surface area contributed by atoms with E-state index in [-0.39, 0.29) is 23.7 Å². The van der Waals surface area contributed by atoms with Crippen molar-refractivity contribution in [3.63, 3.8) is 0 Å². The van der Waals surface area contributed by atoms with Crippen molar-refractivity contribution in [2.24, 2.45) is 5.73 Å². The van der Waals surface area contributed by atoms with Crippen molar-refractivity contribution >= 4 is 5.91 Å². The first-order valence-electron chi connectivity index (χ1n) is 6.42. The van der Waals surface area contributed by atoms with E-state index in [2.05, 4.69) is 5.32 Å². The third-order valence-corrected chi connectivity index (χ3v) is 3.58. The summed E-state index contributed by atoms with van der Waals surface area (Å²) in [4.78, 5) is 12.0. The molecule has 0 saturated heterocycles. The Morgan fingerprint density at radius 1 is 1.33 bits per heavy atom. The van der Waals surface area contributed by atoms with Crippen molar-refractivity contribution in [1.29, 1.82) is 0 Å². The van der Waals surface area contributed by atoms with Crippen molar-refractivity contribution in [3.8, 4) is 5.75 Å². The minimum absolute atomic E-state index is 0.120. The van der Waals surface area contributed by atoms with Gasteiger partial charge in [-0.15, -0.1) is 0 Å². The molecule has 1 aliphatic rings. The Hall–Kier alpha value is -1.55. The maximum atomic E-state index is 12.0. The SMILES string of the molecule is Cc1ccc(C(=O)NC2CCC(N)CC2)cc1O. The summed E-state index contributed by atoms with van der Waals surface area (Å²) in [6.07, 6.45) is 3.80. The lowest BCUT2D eigenvalue weighted by Crippen LogP contribution is -2.40. The van der Waals surface area contributed by atoms with E-state index in [4.69, 9.17) is 5.73 Å². The molecule has 0 aromatic heterocycles.